The van der Waals surface area contributed by atoms with Gasteiger partial charge in [-0.05, 0) is 61.6 Å². The number of halogens is 3. The molecule has 3 aliphatic carbocycles. The Bertz CT molecular complexity index is 1350. The monoisotopic (exact) mass is 515 g/mol. The van der Waals surface area contributed by atoms with Crippen LogP contribution in [-0.4, -0.2) is 33.5 Å². The Balaban J connectivity index is 1.04. The number of Topliss-reactive ketones (excluding diaryl/α,β-unsaturated/α-hetero) is 1. The molecule has 3 aromatic rings. The van der Waals surface area contributed by atoms with E-state index in [4.69, 9.17) is 32.5 Å². The van der Waals surface area contributed by atoms with Gasteiger partial charge in [0.05, 0.1) is 22.4 Å². The summed E-state index contributed by atoms with van der Waals surface area (Å²) in [5.41, 5.74) is 0.649. The van der Waals surface area contributed by atoms with Crippen molar-refractivity contribution in [2.24, 2.45) is 0 Å². The van der Waals surface area contributed by atoms with E-state index in [-0.39, 0.29) is 34.1 Å². The number of rotatable bonds is 6. The molecule has 1 amide bonds. The summed E-state index contributed by atoms with van der Waals surface area (Å²) < 4.78 is 24.9. The normalized spacial score (nSPS) is 26.3. The Hall–Kier alpha value is -2.97. The SMILES string of the molecule is O=C1C[C@H](C(=O)NC23CC(c4nc(CCc5ccc(Cl)c(F)c5)no4)(C2)C3)Oc2ccc(Cl)cc21. The zero-order chi connectivity index (χ0) is 24.4. The van der Waals surface area contributed by atoms with Gasteiger partial charge in [-0.3, -0.25) is 9.59 Å². The first-order chi connectivity index (χ1) is 16.7. The number of carbonyl (C=O) groups is 2. The zero-order valence-corrected chi connectivity index (χ0v) is 20.0. The van der Waals surface area contributed by atoms with Crippen LogP contribution in [0.2, 0.25) is 10.0 Å². The summed E-state index contributed by atoms with van der Waals surface area (Å²) in [7, 11) is 0. The maximum absolute atomic E-state index is 13.6. The summed E-state index contributed by atoms with van der Waals surface area (Å²) in [4.78, 5) is 29.9. The third kappa shape index (κ3) is 3.89. The zero-order valence-electron chi connectivity index (χ0n) is 18.4. The van der Waals surface area contributed by atoms with Gasteiger partial charge in [-0.15, -0.1) is 0 Å². The second-order valence-corrected chi connectivity index (χ2v) is 10.6. The number of aryl methyl sites for hydroxylation is 2. The lowest BCUT2D eigenvalue weighted by Gasteiger charge is -2.68. The number of ketones is 1. The van der Waals surface area contributed by atoms with Crippen molar-refractivity contribution < 1.29 is 23.2 Å². The largest absolute Gasteiger partial charge is 0.479 e. The van der Waals surface area contributed by atoms with Crippen molar-refractivity contribution in [2.45, 2.75) is 55.6 Å². The van der Waals surface area contributed by atoms with Gasteiger partial charge in [0.15, 0.2) is 17.7 Å². The van der Waals surface area contributed by atoms with E-state index in [2.05, 4.69) is 15.5 Å². The quantitative estimate of drug-likeness (QED) is 0.514. The van der Waals surface area contributed by atoms with Crippen LogP contribution in [0.5, 0.6) is 5.75 Å². The van der Waals surface area contributed by atoms with Crippen molar-refractivity contribution in [3.63, 3.8) is 0 Å². The number of hydrogen-bond donors (Lipinski definition) is 1. The predicted octanol–water partition coefficient (Wildman–Crippen LogP) is 4.63. The maximum atomic E-state index is 13.6. The molecule has 1 N–H and O–H groups in total. The fourth-order valence-corrected chi connectivity index (χ4v) is 5.74. The van der Waals surface area contributed by atoms with Gasteiger partial charge in [-0.1, -0.05) is 34.4 Å². The number of benzene rings is 2. The lowest BCUT2D eigenvalue weighted by molar-refractivity contribution is -0.148. The number of carbonyl (C=O) groups excluding carboxylic acids is 2. The highest BCUT2D eigenvalue weighted by Gasteiger charge is 2.72. The Morgan fingerprint density at radius 1 is 1.14 bits per heavy atom. The minimum absolute atomic E-state index is 0.0229. The van der Waals surface area contributed by atoms with Crippen LogP contribution < -0.4 is 10.1 Å². The standard InChI is InChI=1S/C25H20Cl2FN3O4/c26-14-3-5-19-15(8-14)18(32)9-20(34-19)22(33)30-25-10-24(11-25,12-25)23-29-21(31-35-23)6-2-13-1-4-16(27)17(28)7-13/h1,3-5,7-8,20H,2,6,9-12H2,(H,30,33)/t20-,24?,25?/m1/s1. The van der Waals surface area contributed by atoms with Gasteiger partial charge in [0.1, 0.15) is 11.6 Å². The number of hydrogen-bond acceptors (Lipinski definition) is 6. The molecule has 1 aromatic heterocycles. The average molecular weight is 516 g/mol. The van der Waals surface area contributed by atoms with Gasteiger partial charge in [0, 0.05) is 17.0 Å². The highest BCUT2D eigenvalue weighted by molar-refractivity contribution is 6.31. The summed E-state index contributed by atoms with van der Waals surface area (Å²) in [5.74, 6) is 0.596. The first-order valence-electron chi connectivity index (χ1n) is 11.3. The number of amides is 1. The molecule has 3 saturated carbocycles. The van der Waals surface area contributed by atoms with E-state index in [0.29, 0.717) is 60.2 Å². The minimum atomic E-state index is -0.867. The van der Waals surface area contributed by atoms with E-state index in [1.807, 2.05) is 0 Å². The maximum Gasteiger partial charge on any atom is 0.261 e. The molecule has 1 aliphatic heterocycles. The van der Waals surface area contributed by atoms with Gasteiger partial charge in [-0.2, -0.15) is 4.98 Å². The Morgan fingerprint density at radius 2 is 1.94 bits per heavy atom. The van der Waals surface area contributed by atoms with Gasteiger partial charge < -0.3 is 14.6 Å². The van der Waals surface area contributed by atoms with E-state index in [1.165, 1.54) is 12.1 Å². The minimum Gasteiger partial charge on any atom is -0.479 e. The third-order valence-electron chi connectivity index (χ3n) is 7.14. The van der Waals surface area contributed by atoms with E-state index in [9.17, 15) is 14.0 Å². The number of nitrogens with zero attached hydrogens (tertiary/aromatic N) is 2. The van der Waals surface area contributed by atoms with Crippen molar-refractivity contribution >= 4 is 34.9 Å². The molecule has 10 heteroatoms. The number of fused-ring (bicyclic) bond motifs is 1. The second kappa shape index (κ2) is 8.03. The number of ether oxygens (including phenoxy) is 1. The number of nitrogens with one attached hydrogen (secondary N) is 1. The molecule has 7 nitrogen and oxygen atoms in total. The predicted molar refractivity (Wildman–Crippen MR) is 124 cm³/mol. The van der Waals surface area contributed by atoms with Crippen LogP contribution in [0, 0.1) is 5.82 Å². The molecule has 0 unspecified atom stereocenters. The van der Waals surface area contributed by atoms with Crippen molar-refractivity contribution in [1.29, 1.82) is 0 Å². The molecule has 2 aromatic carbocycles. The van der Waals surface area contributed by atoms with Crippen LogP contribution in [-0.2, 0) is 23.1 Å². The van der Waals surface area contributed by atoms with Crippen molar-refractivity contribution in [3.8, 4) is 5.75 Å². The lowest BCUT2D eigenvalue weighted by atomic mass is 9.39. The van der Waals surface area contributed by atoms with Crippen LogP contribution in [0.1, 0.15) is 53.3 Å². The van der Waals surface area contributed by atoms with E-state index >= 15 is 0 Å². The molecule has 0 radical (unpaired) electrons. The number of aromatic nitrogens is 2. The van der Waals surface area contributed by atoms with E-state index < -0.39 is 11.9 Å². The molecule has 1 atom stereocenters. The Morgan fingerprint density at radius 3 is 2.71 bits per heavy atom. The van der Waals surface area contributed by atoms with Crippen LogP contribution in [0.3, 0.4) is 0 Å². The first kappa shape index (κ1) is 22.5. The van der Waals surface area contributed by atoms with Gasteiger partial charge in [0.2, 0.25) is 5.89 Å². The topological polar surface area (TPSA) is 94.3 Å². The summed E-state index contributed by atoms with van der Waals surface area (Å²) in [6, 6.07) is 9.52. The molecule has 35 heavy (non-hydrogen) atoms. The van der Waals surface area contributed by atoms with Gasteiger partial charge >= 0.3 is 0 Å². The average Bonchev–Trinajstić information content (AvgIpc) is 3.25. The summed E-state index contributed by atoms with van der Waals surface area (Å²) in [6.07, 6.45) is 2.28. The van der Waals surface area contributed by atoms with Crippen LogP contribution in [0.15, 0.2) is 40.9 Å². The fraction of sp³-hybridized carbons (Fsp3) is 0.360. The highest BCUT2D eigenvalue weighted by Crippen LogP contribution is 2.67. The molecule has 2 heterocycles. The van der Waals surface area contributed by atoms with Crippen molar-refractivity contribution in [2.75, 3.05) is 0 Å². The summed E-state index contributed by atoms with van der Waals surface area (Å²) >= 11 is 11.7. The lowest BCUT2D eigenvalue weighted by Crippen LogP contribution is -2.77. The highest BCUT2D eigenvalue weighted by atomic mass is 35.5. The van der Waals surface area contributed by atoms with Crippen molar-refractivity contribution in [1.82, 2.24) is 15.5 Å². The van der Waals surface area contributed by atoms with Gasteiger partial charge in [0.25, 0.3) is 5.91 Å². The smallest absolute Gasteiger partial charge is 0.261 e. The molecule has 4 aliphatic rings. The van der Waals surface area contributed by atoms with E-state index in [1.54, 1.807) is 24.3 Å². The van der Waals surface area contributed by atoms with Crippen LogP contribution in [0.4, 0.5) is 4.39 Å². The third-order valence-corrected chi connectivity index (χ3v) is 7.68. The van der Waals surface area contributed by atoms with Crippen molar-refractivity contribution in [3.05, 3.63) is 75.1 Å². The second-order valence-electron chi connectivity index (χ2n) is 9.72. The molecule has 180 valence electrons. The fourth-order valence-electron chi connectivity index (χ4n) is 5.45. The summed E-state index contributed by atoms with van der Waals surface area (Å²) in [5, 5.41) is 7.69. The molecule has 2 bridgehead atoms. The van der Waals surface area contributed by atoms with Crippen LogP contribution in [0.25, 0.3) is 0 Å². The molecular formula is C25H20Cl2FN3O4. The molecule has 0 spiro atoms. The van der Waals surface area contributed by atoms with Gasteiger partial charge in [-0.25, -0.2) is 4.39 Å². The Kier molecular flexibility index (Phi) is 5.16. The first-order valence-corrected chi connectivity index (χ1v) is 12.1. The molecule has 0 saturated heterocycles. The van der Waals surface area contributed by atoms with Crippen LogP contribution >= 0.6 is 23.2 Å². The Labute approximate surface area is 209 Å². The van der Waals surface area contributed by atoms with E-state index in [0.717, 1.165) is 5.56 Å². The molecule has 3 fully saturated rings. The summed E-state index contributed by atoms with van der Waals surface area (Å²) in [6.45, 7) is 0. The molecular weight excluding hydrogens is 496 g/mol. The molecule has 7 rings (SSSR count).